The van der Waals surface area contributed by atoms with Crippen molar-refractivity contribution in [1.82, 2.24) is 4.90 Å². The number of hydrogen-bond acceptors (Lipinski definition) is 3. The summed E-state index contributed by atoms with van der Waals surface area (Å²) < 4.78 is 5.60. The van der Waals surface area contributed by atoms with Crippen LogP contribution in [0.2, 0.25) is 0 Å². The minimum Gasteiger partial charge on any atom is -0.494 e. The molecule has 5 heteroatoms. The molecule has 2 N–H and O–H groups in total. The van der Waals surface area contributed by atoms with E-state index in [4.69, 9.17) is 10.5 Å². The number of carbonyl (C=O) groups excluding carboxylic acids is 2. The van der Waals surface area contributed by atoms with Gasteiger partial charge < -0.3 is 15.4 Å². The number of rotatable bonds is 9. The van der Waals surface area contributed by atoms with Crippen molar-refractivity contribution in [1.29, 1.82) is 0 Å². The molecule has 25 heavy (non-hydrogen) atoms. The van der Waals surface area contributed by atoms with Crippen molar-refractivity contribution >= 4 is 11.8 Å². The van der Waals surface area contributed by atoms with Gasteiger partial charge in [0.05, 0.1) is 6.61 Å². The Kier molecular flexibility index (Phi) is 7.01. The first-order valence-electron chi connectivity index (χ1n) is 8.44. The summed E-state index contributed by atoms with van der Waals surface area (Å²) in [5.74, 6) is 0.0974. The second kappa shape index (κ2) is 9.47. The molecule has 0 heterocycles. The Balaban J connectivity index is 2.17. The summed E-state index contributed by atoms with van der Waals surface area (Å²) in [6.07, 6.45) is 1.03. The van der Waals surface area contributed by atoms with E-state index in [0.29, 0.717) is 24.5 Å². The molecule has 0 aliphatic carbocycles. The van der Waals surface area contributed by atoms with E-state index in [-0.39, 0.29) is 18.9 Å². The van der Waals surface area contributed by atoms with Crippen LogP contribution in [0.3, 0.4) is 0 Å². The van der Waals surface area contributed by atoms with E-state index in [0.717, 1.165) is 12.0 Å². The molecule has 0 radical (unpaired) electrons. The minimum absolute atomic E-state index is 0.130. The van der Waals surface area contributed by atoms with Crippen molar-refractivity contribution in [2.75, 3.05) is 13.2 Å². The first kappa shape index (κ1) is 18.5. The van der Waals surface area contributed by atoms with E-state index in [1.807, 2.05) is 43.3 Å². The maximum Gasteiger partial charge on any atom is 0.254 e. The molecule has 0 saturated heterocycles. The van der Waals surface area contributed by atoms with Crippen LogP contribution in [0.5, 0.6) is 5.75 Å². The monoisotopic (exact) mass is 340 g/mol. The maximum atomic E-state index is 12.9. The molecule has 0 unspecified atom stereocenters. The normalized spacial score (nSPS) is 10.3. The van der Waals surface area contributed by atoms with Gasteiger partial charge in [-0.15, -0.1) is 0 Å². The third-order valence-electron chi connectivity index (χ3n) is 3.69. The lowest BCUT2D eigenvalue weighted by molar-refractivity contribution is -0.118. The lowest BCUT2D eigenvalue weighted by Gasteiger charge is -2.22. The van der Waals surface area contributed by atoms with Crippen LogP contribution in [0.4, 0.5) is 0 Å². The van der Waals surface area contributed by atoms with E-state index in [1.54, 1.807) is 23.1 Å². The zero-order valence-corrected chi connectivity index (χ0v) is 14.5. The molecule has 0 atom stereocenters. The van der Waals surface area contributed by atoms with E-state index < -0.39 is 5.91 Å². The van der Waals surface area contributed by atoms with Gasteiger partial charge in [0.15, 0.2) is 0 Å². The largest absolute Gasteiger partial charge is 0.494 e. The van der Waals surface area contributed by atoms with Crippen LogP contribution in [-0.2, 0) is 11.3 Å². The van der Waals surface area contributed by atoms with Gasteiger partial charge in [-0.1, -0.05) is 43.3 Å². The van der Waals surface area contributed by atoms with Gasteiger partial charge in [0.25, 0.3) is 5.91 Å². The van der Waals surface area contributed by atoms with Crippen molar-refractivity contribution in [3.63, 3.8) is 0 Å². The molecule has 0 aromatic heterocycles. The van der Waals surface area contributed by atoms with Gasteiger partial charge in [0.2, 0.25) is 5.91 Å². The predicted molar refractivity (Wildman–Crippen MR) is 97.2 cm³/mol. The first-order valence-corrected chi connectivity index (χ1v) is 8.44. The van der Waals surface area contributed by atoms with Gasteiger partial charge in [0, 0.05) is 25.1 Å². The van der Waals surface area contributed by atoms with Gasteiger partial charge in [-0.25, -0.2) is 0 Å². The molecule has 0 saturated carbocycles. The van der Waals surface area contributed by atoms with E-state index in [9.17, 15) is 9.59 Å². The van der Waals surface area contributed by atoms with Crippen LogP contribution in [-0.4, -0.2) is 29.9 Å². The first-order chi connectivity index (χ1) is 12.1. The molecule has 132 valence electrons. The Morgan fingerprint density at radius 2 is 1.84 bits per heavy atom. The summed E-state index contributed by atoms with van der Waals surface area (Å²) in [7, 11) is 0. The van der Waals surface area contributed by atoms with Gasteiger partial charge in [-0.3, -0.25) is 9.59 Å². The SMILES string of the molecule is CCCOc1cccc(C(=O)N(CCC(N)=O)Cc2ccccc2)c1. The summed E-state index contributed by atoms with van der Waals surface area (Å²) in [5.41, 5.74) is 6.79. The van der Waals surface area contributed by atoms with Crippen molar-refractivity contribution in [2.45, 2.75) is 26.3 Å². The molecular formula is C20H24N2O3. The number of nitrogens with two attached hydrogens (primary N) is 1. The van der Waals surface area contributed by atoms with Crippen molar-refractivity contribution in [3.8, 4) is 5.75 Å². The van der Waals surface area contributed by atoms with E-state index in [2.05, 4.69) is 0 Å². The fourth-order valence-electron chi connectivity index (χ4n) is 2.42. The average molecular weight is 340 g/mol. The summed E-state index contributed by atoms with van der Waals surface area (Å²) in [4.78, 5) is 25.7. The average Bonchev–Trinajstić information content (AvgIpc) is 2.63. The zero-order chi connectivity index (χ0) is 18.1. The molecule has 0 spiro atoms. The fourth-order valence-corrected chi connectivity index (χ4v) is 2.42. The molecule has 0 bridgehead atoms. The van der Waals surface area contributed by atoms with Crippen molar-refractivity contribution < 1.29 is 14.3 Å². The molecular weight excluding hydrogens is 316 g/mol. The van der Waals surface area contributed by atoms with Crippen LogP contribution in [0.1, 0.15) is 35.7 Å². The Hall–Kier alpha value is -2.82. The quantitative estimate of drug-likeness (QED) is 0.763. The molecule has 0 fully saturated rings. The third-order valence-corrected chi connectivity index (χ3v) is 3.69. The van der Waals surface area contributed by atoms with Crippen molar-refractivity contribution in [2.24, 2.45) is 5.73 Å². The second-order valence-electron chi connectivity index (χ2n) is 5.80. The fraction of sp³-hybridized carbons (Fsp3) is 0.300. The molecule has 0 aliphatic heterocycles. The van der Waals surface area contributed by atoms with Gasteiger partial charge in [0.1, 0.15) is 5.75 Å². The highest BCUT2D eigenvalue weighted by atomic mass is 16.5. The summed E-state index contributed by atoms with van der Waals surface area (Å²) in [6.45, 7) is 3.34. The third kappa shape index (κ3) is 5.95. The van der Waals surface area contributed by atoms with Crippen LogP contribution in [0, 0.1) is 0 Å². The van der Waals surface area contributed by atoms with Gasteiger partial charge >= 0.3 is 0 Å². The van der Waals surface area contributed by atoms with E-state index >= 15 is 0 Å². The van der Waals surface area contributed by atoms with Crippen LogP contribution in [0.25, 0.3) is 0 Å². The molecule has 0 aliphatic rings. The summed E-state index contributed by atoms with van der Waals surface area (Å²) in [6, 6.07) is 16.8. The number of hydrogen-bond donors (Lipinski definition) is 1. The van der Waals surface area contributed by atoms with Gasteiger partial charge in [-0.2, -0.15) is 0 Å². The highest BCUT2D eigenvalue weighted by molar-refractivity contribution is 5.94. The van der Waals surface area contributed by atoms with Crippen LogP contribution < -0.4 is 10.5 Å². The van der Waals surface area contributed by atoms with E-state index in [1.165, 1.54) is 0 Å². The molecule has 2 aromatic carbocycles. The lowest BCUT2D eigenvalue weighted by atomic mass is 10.1. The predicted octanol–water partition coefficient (Wildman–Crippen LogP) is 2.99. The number of carbonyl (C=O) groups is 2. The Morgan fingerprint density at radius 3 is 2.52 bits per heavy atom. The smallest absolute Gasteiger partial charge is 0.254 e. The number of ether oxygens (including phenoxy) is 1. The van der Waals surface area contributed by atoms with Crippen LogP contribution in [0.15, 0.2) is 54.6 Å². The zero-order valence-electron chi connectivity index (χ0n) is 14.5. The number of amides is 2. The summed E-state index contributed by atoms with van der Waals surface area (Å²) >= 11 is 0. The molecule has 2 amide bonds. The summed E-state index contributed by atoms with van der Waals surface area (Å²) in [5, 5.41) is 0. The Labute approximate surface area is 148 Å². The molecule has 5 nitrogen and oxygen atoms in total. The maximum absolute atomic E-state index is 12.9. The Morgan fingerprint density at radius 1 is 1.08 bits per heavy atom. The van der Waals surface area contributed by atoms with Gasteiger partial charge in [-0.05, 0) is 30.2 Å². The second-order valence-corrected chi connectivity index (χ2v) is 5.80. The standard InChI is InChI=1S/C20H24N2O3/c1-2-13-25-18-10-6-9-17(14-18)20(24)22(12-11-19(21)23)15-16-7-4-3-5-8-16/h3-10,14H,2,11-13,15H2,1H3,(H2,21,23). The highest BCUT2D eigenvalue weighted by Crippen LogP contribution is 2.17. The molecule has 2 aromatic rings. The number of nitrogens with zero attached hydrogens (tertiary/aromatic N) is 1. The number of primary amides is 1. The minimum atomic E-state index is -0.425. The number of benzene rings is 2. The highest BCUT2D eigenvalue weighted by Gasteiger charge is 2.17. The topological polar surface area (TPSA) is 72.6 Å². The molecule has 2 rings (SSSR count). The van der Waals surface area contributed by atoms with Crippen molar-refractivity contribution in [3.05, 3.63) is 65.7 Å². The van der Waals surface area contributed by atoms with Crippen LogP contribution >= 0.6 is 0 Å². The Bertz CT molecular complexity index is 701. The lowest BCUT2D eigenvalue weighted by Crippen LogP contribution is -2.33.